The Morgan fingerprint density at radius 1 is 1.18 bits per heavy atom. The van der Waals surface area contributed by atoms with E-state index in [9.17, 15) is 0 Å². The molecule has 1 unspecified atom stereocenters. The van der Waals surface area contributed by atoms with Crippen LogP contribution in [0.5, 0.6) is 0 Å². The molecule has 0 bridgehead atoms. The van der Waals surface area contributed by atoms with E-state index in [1.165, 1.54) is 56.9 Å². The summed E-state index contributed by atoms with van der Waals surface area (Å²) >= 11 is 1.81. The second-order valence-corrected chi connectivity index (χ2v) is 5.64. The molecule has 17 heavy (non-hydrogen) atoms. The van der Waals surface area contributed by atoms with Gasteiger partial charge >= 0.3 is 0 Å². The highest BCUT2D eigenvalue weighted by molar-refractivity contribution is 7.07. The number of aryl methyl sites for hydroxylation is 1. The van der Waals surface area contributed by atoms with Crippen molar-refractivity contribution < 1.29 is 0 Å². The molecule has 1 nitrogen and oxygen atoms in total. The largest absolute Gasteiger partial charge is 0.317 e. The van der Waals surface area contributed by atoms with Crippen molar-refractivity contribution in [3.63, 3.8) is 0 Å². The summed E-state index contributed by atoms with van der Waals surface area (Å²) < 4.78 is 0. The molecule has 0 saturated heterocycles. The van der Waals surface area contributed by atoms with Crippen LogP contribution in [-0.4, -0.2) is 13.1 Å². The lowest BCUT2D eigenvalue weighted by molar-refractivity contribution is 0.459. The normalized spacial score (nSPS) is 12.8. The summed E-state index contributed by atoms with van der Waals surface area (Å²) in [6, 6.07) is 2.95. The molecule has 0 aliphatic rings. The van der Waals surface area contributed by atoms with Gasteiger partial charge in [-0.2, -0.15) is 11.3 Å². The van der Waals surface area contributed by atoms with Gasteiger partial charge < -0.3 is 5.32 Å². The predicted molar refractivity (Wildman–Crippen MR) is 78.9 cm³/mol. The first kappa shape index (κ1) is 14.7. The lowest BCUT2D eigenvalue weighted by atomic mass is 10.0. The molecule has 0 fully saturated rings. The molecule has 0 spiro atoms. The molecule has 0 saturated carbocycles. The van der Waals surface area contributed by atoms with Crippen molar-refractivity contribution >= 4 is 11.3 Å². The van der Waals surface area contributed by atoms with Gasteiger partial charge in [0.05, 0.1) is 0 Å². The molecule has 0 aromatic carbocycles. The summed E-state index contributed by atoms with van der Waals surface area (Å²) in [5.74, 6) is 0. The van der Waals surface area contributed by atoms with E-state index in [4.69, 9.17) is 0 Å². The van der Waals surface area contributed by atoms with Crippen molar-refractivity contribution in [2.45, 2.75) is 64.3 Å². The maximum atomic E-state index is 3.46. The van der Waals surface area contributed by atoms with Crippen molar-refractivity contribution in [3.05, 3.63) is 22.4 Å². The number of hydrogen-bond acceptors (Lipinski definition) is 2. The van der Waals surface area contributed by atoms with E-state index in [1.807, 2.05) is 0 Å². The molecule has 98 valence electrons. The van der Waals surface area contributed by atoms with Gasteiger partial charge in [0.2, 0.25) is 0 Å². The van der Waals surface area contributed by atoms with Crippen molar-refractivity contribution in [1.82, 2.24) is 5.32 Å². The summed E-state index contributed by atoms with van der Waals surface area (Å²) in [5, 5.41) is 7.91. The van der Waals surface area contributed by atoms with Crippen LogP contribution in [0, 0.1) is 0 Å². The quantitative estimate of drug-likeness (QED) is 0.600. The Labute approximate surface area is 111 Å². The van der Waals surface area contributed by atoms with Gasteiger partial charge in [-0.25, -0.2) is 0 Å². The van der Waals surface area contributed by atoms with Crippen LogP contribution in [0.4, 0.5) is 0 Å². The fourth-order valence-corrected chi connectivity index (χ4v) is 2.91. The monoisotopic (exact) mass is 253 g/mol. The van der Waals surface area contributed by atoms with Crippen LogP contribution >= 0.6 is 11.3 Å². The van der Waals surface area contributed by atoms with Crippen LogP contribution in [0.1, 0.15) is 57.4 Å². The Kier molecular flexibility index (Phi) is 8.37. The first-order chi connectivity index (χ1) is 8.36. The van der Waals surface area contributed by atoms with Crippen molar-refractivity contribution in [3.8, 4) is 0 Å². The average Bonchev–Trinajstić information content (AvgIpc) is 2.86. The molecule has 1 rings (SSSR count). The minimum Gasteiger partial charge on any atom is -0.317 e. The third kappa shape index (κ3) is 6.85. The van der Waals surface area contributed by atoms with E-state index < -0.39 is 0 Å². The molecule has 1 N–H and O–H groups in total. The molecule has 1 aromatic heterocycles. The molecule has 2 heteroatoms. The first-order valence-corrected chi connectivity index (χ1v) is 7.99. The van der Waals surface area contributed by atoms with Crippen LogP contribution in [0.3, 0.4) is 0 Å². The van der Waals surface area contributed by atoms with E-state index >= 15 is 0 Å². The van der Waals surface area contributed by atoms with Crippen LogP contribution in [0.2, 0.25) is 0 Å². The number of nitrogens with one attached hydrogen (secondary N) is 1. The summed E-state index contributed by atoms with van der Waals surface area (Å²) in [6.45, 7) is 2.28. The number of thiophene rings is 1. The van der Waals surface area contributed by atoms with Gasteiger partial charge in [0.1, 0.15) is 0 Å². The van der Waals surface area contributed by atoms with Crippen LogP contribution < -0.4 is 5.32 Å². The van der Waals surface area contributed by atoms with Crippen molar-refractivity contribution in [2.75, 3.05) is 7.05 Å². The molecular weight excluding hydrogens is 226 g/mol. The molecule has 0 amide bonds. The molecule has 1 aromatic rings. The van der Waals surface area contributed by atoms with Crippen molar-refractivity contribution in [1.29, 1.82) is 0 Å². The van der Waals surface area contributed by atoms with Gasteiger partial charge in [-0.3, -0.25) is 0 Å². The fraction of sp³-hybridized carbons (Fsp3) is 0.733. The Bertz CT molecular complexity index is 256. The van der Waals surface area contributed by atoms with Crippen LogP contribution in [0.15, 0.2) is 16.8 Å². The molecular formula is C15H27NS. The molecule has 0 aliphatic heterocycles. The molecule has 1 heterocycles. The first-order valence-electron chi connectivity index (χ1n) is 7.05. The molecule has 0 aliphatic carbocycles. The minimum atomic E-state index is 0.705. The third-order valence-electron chi connectivity index (χ3n) is 3.43. The Balaban J connectivity index is 2.07. The van der Waals surface area contributed by atoms with Gasteiger partial charge in [-0.05, 0) is 48.7 Å². The fourth-order valence-electron chi connectivity index (χ4n) is 2.20. The van der Waals surface area contributed by atoms with E-state index in [2.05, 4.69) is 36.1 Å². The minimum absolute atomic E-state index is 0.705. The van der Waals surface area contributed by atoms with E-state index in [1.54, 1.807) is 11.3 Å². The molecule has 0 radical (unpaired) electrons. The Morgan fingerprint density at radius 2 is 2.00 bits per heavy atom. The number of rotatable bonds is 10. The highest BCUT2D eigenvalue weighted by Gasteiger charge is 2.06. The van der Waals surface area contributed by atoms with Gasteiger partial charge in [-0.1, -0.05) is 39.0 Å². The van der Waals surface area contributed by atoms with Gasteiger partial charge in [0.25, 0.3) is 0 Å². The zero-order valence-electron chi connectivity index (χ0n) is 11.4. The zero-order valence-corrected chi connectivity index (χ0v) is 12.2. The lowest BCUT2D eigenvalue weighted by Crippen LogP contribution is -2.25. The topological polar surface area (TPSA) is 12.0 Å². The number of hydrogen-bond donors (Lipinski definition) is 1. The summed E-state index contributed by atoms with van der Waals surface area (Å²) in [7, 11) is 2.10. The smallest absolute Gasteiger partial charge is 0.00672 e. The maximum Gasteiger partial charge on any atom is 0.00672 e. The van der Waals surface area contributed by atoms with Gasteiger partial charge in [0.15, 0.2) is 0 Å². The van der Waals surface area contributed by atoms with Crippen molar-refractivity contribution in [2.24, 2.45) is 0 Å². The summed E-state index contributed by atoms with van der Waals surface area (Å²) in [4.78, 5) is 0. The number of unbranched alkanes of at least 4 members (excludes halogenated alkanes) is 4. The highest BCUT2D eigenvalue weighted by Crippen LogP contribution is 2.13. The predicted octanol–water partition coefficient (Wildman–Crippen LogP) is 4.63. The lowest BCUT2D eigenvalue weighted by Gasteiger charge is -2.15. The Morgan fingerprint density at radius 3 is 2.65 bits per heavy atom. The Hall–Kier alpha value is -0.340. The van der Waals surface area contributed by atoms with Crippen LogP contribution in [-0.2, 0) is 6.42 Å². The second-order valence-electron chi connectivity index (χ2n) is 4.86. The van der Waals surface area contributed by atoms with E-state index in [0.717, 1.165) is 0 Å². The average molecular weight is 253 g/mol. The van der Waals surface area contributed by atoms with E-state index in [0.29, 0.717) is 6.04 Å². The van der Waals surface area contributed by atoms with Crippen LogP contribution in [0.25, 0.3) is 0 Å². The highest BCUT2D eigenvalue weighted by atomic mass is 32.1. The SMILES string of the molecule is CCCCCCCC(CCc1ccsc1)NC. The summed E-state index contributed by atoms with van der Waals surface area (Å²) in [5.41, 5.74) is 1.50. The zero-order chi connectivity index (χ0) is 12.3. The van der Waals surface area contributed by atoms with Gasteiger partial charge in [0, 0.05) is 6.04 Å². The standard InChI is InChI=1S/C15H27NS/c1-3-4-5-6-7-8-15(16-2)10-9-14-11-12-17-13-14/h11-13,15-16H,3-10H2,1-2H3. The summed E-state index contributed by atoms with van der Waals surface area (Å²) in [6.07, 6.45) is 10.8. The maximum absolute atomic E-state index is 3.46. The third-order valence-corrected chi connectivity index (χ3v) is 4.16. The van der Waals surface area contributed by atoms with E-state index in [-0.39, 0.29) is 0 Å². The molecule has 1 atom stereocenters. The van der Waals surface area contributed by atoms with Gasteiger partial charge in [-0.15, -0.1) is 0 Å². The second kappa shape index (κ2) is 9.67.